The van der Waals surface area contributed by atoms with Gasteiger partial charge in [-0.25, -0.2) is 0 Å². The van der Waals surface area contributed by atoms with Gasteiger partial charge in [-0.05, 0) is 0 Å². The number of rotatable bonds is 0. The molecule has 0 rings (SSSR count). The van der Waals surface area contributed by atoms with Gasteiger partial charge in [-0.1, -0.05) is 0 Å². The first-order valence-electron chi connectivity index (χ1n) is 0.378. The molecule has 10 N–H and O–H groups in total. The minimum Gasteiger partial charge on any atom is -0.693 e. The second-order valence-electron chi connectivity index (χ2n) is 0.143. The number of halogens is 3. The van der Waals surface area contributed by atoms with Crippen LogP contribution < -0.4 is 0 Å². The molecule has 9 heteroatoms. The zero-order chi connectivity index (χ0) is 3.58. The Bertz CT molecular complexity index is 16.9. The van der Waals surface area contributed by atoms with Gasteiger partial charge >= 0.3 is 42.2 Å². The van der Waals surface area contributed by atoms with E-state index in [9.17, 15) is 0 Å². The summed E-state index contributed by atoms with van der Waals surface area (Å²) in [5.41, 5.74) is 0. The fraction of sp³-hybridized carbons (Fsp3) is 0. The van der Waals surface area contributed by atoms with Gasteiger partial charge in [-0.15, -0.1) is 0 Å². The summed E-state index contributed by atoms with van der Waals surface area (Å²) in [5.74, 6) is 0. The van der Waals surface area contributed by atoms with E-state index in [1.807, 2.05) is 0 Å². The molecule has 0 aromatic heterocycles. The molecule has 0 spiro atoms. The molecular weight excluding hydrogens is 369 g/mol. The molecule has 0 aliphatic carbocycles. The van der Waals surface area contributed by atoms with Crippen molar-refractivity contribution in [3.05, 3.63) is 30.8 Å². The van der Waals surface area contributed by atoms with Gasteiger partial charge in [-0.2, -0.15) is 0 Å². The summed E-state index contributed by atoms with van der Waals surface area (Å²) >= 11 is -1.92. The van der Waals surface area contributed by atoms with E-state index in [1.54, 1.807) is 0 Å². The van der Waals surface area contributed by atoms with Gasteiger partial charge in [0.1, 0.15) is 0 Å². The van der Waals surface area contributed by atoms with E-state index in [-0.39, 0.29) is 30.8 Å². The summed E-state index contributed by atoms with van der Waals surface area (Å²) in [7, 11) is 14.9. The Morgan fingerprint density at radius 3 is 0.556 bits per heavy atom. The third kappa shape index (κ3) is 287. The van der Waals surface area contributed by atoms with Crippen molar-refractivity contribution >= 4 is 28.8 Å². The molecule has 0 saturated heterocycles. The average molecular weight is 379 g/mol. The van der Waals surface area contributed by atoms with Gasteiger partial charge in [-0.3, -0.25) is 0 Å². The van der Waals surface area contributed by atoms with Crippen LogP contribution in [0.1, 0.15) is 0 Å². The van der Waals surface area contributed by atoms with E-state index >= 15 is 0 Å². The van der Waals surface area contributed by atoms with Crippen LogP contribution in [0, 0.1) is 0 Å². The van der Waals surface area contributed by atoms with Gasteiger partial charge in [0.25, 0.3) is 0 Å². The predicted molar refractivity (Wildman–Crippen MR) is 44.0 cm³/mol. The fourth-order valence-corrected chi connectivity index (χ4v) is 0. The SMILES string of the molecule is [Cl][Ir]([Cl])[Cl].[NH2-].[NH2-].[NH2-].[NH2-].[NH2-]. The summed E-state index contributed by atoms with van der Waals surface area (Å²) in [6, 6.07) is 0. The van der Waals surface area contributed by atoms with Gasteiger partial charge in [0.05, 0.1) is 0 Å². The Balaban J connectivity index is -0.00000000450. The van der Waals surface area contributed by atoms with Gasteiger partial charge in [0.2, 0.25) is 0 Å². The molecule has 0 fully saturated rings. The molecule has 70 valence electrons. The van der Waals surface area contributed by atoms with Crippen LogP contribution >= 0.6 is 28.8 Å². The van der Waals surface area contributed by atoms with E-state index in [4.69, 9.17) is 28.8 Å². The zero-order valence-electron chi connectivity index (χ0n) is 4.35. The standard InChI is InChI=1S/3ClH.Ir.5H2N/h3*1H;;5*1H2/q;;;+3;5*-1/p-3. The minimum atomic E-state index is -1.92. The molecule has 0 unspecified atom stereocenters. The fourth-order valence-electron chi connectivity index (χ4n) is 0. The molecule has 0 bridgehead atoms. The molecule has 0 aliphatic heterocycles. The van der Waals surface area contributed by atoms with Gasteiger partial charge in [0.15, 0.2) is 0 Å². The van der Waals surface area contributed by atoms with Gasteiger partial charge < -0.3 is 30.8 Å². The summed E-state index contributed by atoms with van der Waals surface area (Å²) in [6.07, 6.45) is 0. The van der Waals surface area contributed by atoms with E-state index < -0.39 is 13.5 Å². The third-order valence-corrected chi connectivity index (χ3v) is 0. The van der Waals surface area contributed by atoms with Crippen LogP contribution in [0.25, 0.3) is 30.8 Å². The topological polar surface area (TPSA) is 168 Å². The van der Waals surface area contributed by atoms with E-state index in [0.717, 1.165) is 0 Å². The first-order chi connectivity index (χ1) is 1.73. The quantitative estimate of drug-likeness (QED) is 0.507. The normalized spacial score (nSPS) is 5.00. The molecule has 0 saturated carbocycles. The molecular formula is H10Cl3IrN5-5. The summed E-state index contributed by atoms with van der Waals surface area (Å²) < 4.78 is 0. The second-order valence-corrected chi connectivity index (χ2v) is 10.5. The second kappa shape index (κ2) is 34.6. The smallest absolute Gasteiger partial charge is 0.693 e. The van der Waals surface area contributed by atoms with Crippen LogP contribution in [-0.2, 0) is 13.5 Å². The van der Waals surface area contributed by atoms with Gasteiger partial charge in [0, 0.05) is 0 Å². The van der Waals surface area contributed by atoms with E-state index in [1.165, 1.54) is 0 Å². The molecule has 0 aliphatic rings. The first kappa shape index (κ1) is 48.0. The maximum Gasteiger partial charge on any atom is -0.693 e. The van der Waals surface area contributed by atoms with Crippen molar-refractivity contribution in [3.8, 4) is 0 Å². The molecule has 0 aromatic carbocycles. The number of hydrogen-bond donors (Lipinski definition) is 0. The van der Waals surface area contributed by atoms with Crippen molar-refractivity contribution in [1.29, 1.82) is 0 Å². The Hall–Kier alpha value is 1.32. The molecule has 0 radical (unpaired) electrons. The van der Waals surface area contributed by atoms with Crippen molar-refractivity contribution in [3.63, 3.8) is 0 Å². The minimum absolute atomic E-state index is 0. The maximum atomic E-state index is 4.97. The molecule has 0 heterocycles. The van der Waals surface area contributed by atoms with Crippen molar-refractivity contribution in [2.45, 2.75) is 0 Å². The molecule has 0 atom stereocenters. The van der Waals surface area contributed by atoms with Crippen LogP contribution in [-0.4, -0.2) is 0 Å². The molecule has 0 aromatic rings. The third-order valence-electron chi connectivity index (χ3n) is 0. The Kier molecular flexibility index (Phi) is 185. The molecule has 0 amide bonds. The zero-order valence-corrected chi connectivity index (χ0v) is 9.02. The largest absolute Gasteiger partial charge is 0.693 e. The number of nitrogens with two attached hydrogens (primary N) is 5. The van der Waals surface area contributed by atoms with Crippen LogP contribution in [0.5, 0.6) is 0 Å². The molecule has 5 nitrogen and oxygen atoms in total. The molecule has 9 heavy (non-hydrogen) atoms. The Labute approximate surface area is 72.9 Å². The van der Waals surface area contributed by atoms with Crippen LogP contribution in [0.3, 0.4) is 0 Å². The predicted octanol–water partition coefficient (Wildman–Crippen LogP) is 5.65. The average Bonchev–Trinajstić information content (AvgIpc) is 0.811. The van der Waals surface area contributed by atoms with E-state index in [2.05, 4.69) is 0 Å². The summed E-state index contributed by atoms with van der Waals surface area (Å²) in [4.78, 5) is 0. The van der Waals surface area contributed by atoms with Crippen LogP contribution in [0.2, 0.25) is 0 Å². The van der Waals surface area contributed by atoms with Crippen molar-refractivity contribution in [1.82, 2.24) is 0 Å². The van der Waals surface area contributed by atoms with Crippen molar-refractivity contribution in [2.75, 3.05) is 0 Å². The maximum absolute atomic E-state index is 4.97. The summed E-state index contributed by atoms with van der Waals surface area (Å²) in [6.45, 7) is 0. The Morgan fingerprint density at radius 2 is 0.556 bits per heavy atom. The monoisotopic (exact) mass is 378 g/mol. The van der Waals surface area contributed by atoms with Crippen LogP contribution in [0.15, 0.2) is 0 Å². The first-order valence-corrected chi connectivity index (χ1v) is 9.28. The van der Waals surface area contributed by atoms with Crippen molar-refractivity contribution < 1.29 is 13.5 Å². The Morgan fingerprint density at radius 1 is 0.556 bits per heavy atom. The number of hydrogen-bond acceptors (Lipinski definition) is 0. The van der Waals surface area contributed by atoms with Crippen LogP contribution in [0.4, 0.5) is 0 Å². The summed E-state index contributed by atoms with van der Waals surface area (Å²) in [5, 5.41) is 0. The van der Waals surface area contributed by atoms with E-state index in [0.29, 0.717) is 0 Å². The van der Waals surface area contributed by atoms with Crippen molar-refractivity contribution in [2.24, 2.45) is 0 Å².